The molecule has 0 N–H and O–H groups in total. The van der Waals surface area contributed by atoms with E-state index < -0.39 is 4.92 Å². The van der Waals surface area contributed by atoms with Crippen LogP contribution in [0.25, 0.3) is 0 Å². The number of ether oxygens (including phenoxy) is 1. The average molecular weight is 333 g/mol. The standard InChI is InChI=1S/C20H15NO4/c22-20(16-6-10-18(11-7-16)21(23)24)17-8-12-19(13-9-17)25-14-15-4-2-1-3-5-15/h1-13H,14H2. The first kappa shape index (κ1) is 16.4. The largest absolute Gasteiger partial charge is 0.489 e. The first-order valence-electron chi connectivity index (χ1n) is 7.69. The normalized spacial score (nSPS) is 10.2. The van der Waals surface area contributed by atoms with Crippen LogP contribution in [0.5, 0.6) is 5.75 Å². The quantitative estimate of drug-likeness (QED) is 0.381. The third kappa shape index (κ3) is 4.09. The lowest BCUT2D eigenvalue weighted by Gasteiger charge is -2.07. The van der Waals surface area contributed by atoms with E-state index in [0.717, 1.165) is 5.56 Å². The van der Waals surface area contributed by atoms with Crippen LogP contribution in [0.1, 0.15) is 21.5 Å². The van der Waals surface area contributed by atoms with Gasteiger partial charge < -0.3 is 4.74 Å². The van der Waals surface area contributed by atoms with Crippen LogP contribution in [0, 0.1) is 10.1 Å². The minimum atomic E-state index is -0.493. The summed E-state index contributed by atoms with van der Waals surface area (Å²) in [5, 5.41) is 10.7. The number of hydrogen-bond acceptors (Lipinski definition) is 4. The number of nitro groups is 1. The predicted octanol–water partition coefficient (Wildman–Crippen LogP) is 4.40. The van der Waals surface area contributed by atoms with Crippen LogP contribution < -0.4 is 4.74 Å². The Hall–Kier alpha value is -3.47. The molecule has 0 fully saturated rings. The third-order valence-corrected chi connectivity index (χ3v) is 3.71. The molecule has 0 heterocycles. The number of nitro benzene ring substituents is 1. The first-order chi connectivity index (χ1) is 12.1. The lowest BCUT2D eigenvalue weighted by atomic mass is 10.0. The Balaban J connectivity index is 1.67. The molecule has 5 nitrogen and oxygen atoms in total. The molecule has 0 aliphatic rings. The van der Waals surface area contributed by atoms with E-state index in [1.807, 2.05) is 30.3 Å². The summed E-state index contributed by atoms with van der Waals surface area (Å²) in [6.07, 6.45) is 0. The van der Waals surface area contributed by atoms with E-state index >= 15 is 0 Å². The zero-order valence-electron chi connectivity index (χ0n) is 13.3. The number of non-ortho nitro benzene ring substituents is 1. The molecule has 0 unspecified atom stereocenters. The van der Waals surface area contributed by atoms with Crippen molar-refractivity contribution in [2.24, 2.45) is 0 Å². The zero-order valence-corrected chi connectivity index (χ0v) is 13.3. The molecule has 0 spiro atoms. The van der Waals surface area contributed by atoms with Crippen LogP contribution >= 0.6 is 0 Å². The van der Waals surface area contributed by atoms with Crippen molar-refractivity contribution in [3.63, 3.8) is 0 Å². The van der Waals surface area contributed by atoms with Crippen molar-refractivity contribution in [1.82, 2.24) is 0 Å². The van der Waals surface area contributed by atoms with Crippen molar-refractivity contribution in [2.75, 3.05) is 0 Å². The van der Waals surface area contributed by atoms with E-state index in [0.29, 0.717) is 23.5 Å². The van der Waals surface area contributed by atoms with Gasteiger partial charge in [0.25, 0.3) is 5.69 Å². The molecule has 124 valence electrons. The van der Waals surface area contributed by atoms with Crippen LogP contribution in [-0.4, -0.2) is 10.7 Å². The zero-order chi connectivity index (χ0) is 17.6. The summed E-state index contributed by atoms with van der Waals surface area (Å²) in [5.41, 5.74) is 1.93. The van der Waals surface area contributed by atoms with E-state index in [1.54, 1.807) is 24.3 Å². The highest BCUT2D eigenvalue weighted by Gasteiger charge is 2.11. The molecule has 0 aliphatic heterocycles. The van der Waals surface area contributed by atoms with E-state index in [9.17, 15) is 14.9 Å². The van der Waals surface area contributed by atoms with Crippen LogP contribution in [0.3, 0.4) is 0 Å². The molecule has 0 saturated carbocycles. The summed E-state index contributed by atoms with van der Waals surface area (Å²) in [5.74, 6) is 0.480. The molecule has 3 aromatic rings. The van der Waals surface area contributed by atoms with Crippen molar-refractivity contribution in [3.05, 3.63) is 106 Å². The number of rotatable bonds is 6. The Morgan fingerprint density at radius 2 is 1.40 bits per heavy atom. The summed E-state index contributed by atoms with van der Waals surface area (Å²) in [4.78, 5) is 22.6. The minimum absolute atomic E-state index is 0.0405. The molecule has 0 bridgehead atoms. The maximum atomic E-state index is 12.4. The Kier molecular flexibility index (Phi) is 4.85. The maximum Gasteiger partial charge on any atom is 0.269 e. The summed E-state index contributed by atoms with van der Waals surface area (Å²) in [7, 11) is 0. The van der Waals surface area contributed by atoms with E-state index in [-0.39, 0.29) is 11.5 Å². The molecule has 3 aromatic carbocycles. The van der Waals surface area contributed by atoms with Crippen molar-refractivity contribution >= 4 is 11.5 Å². The predicted molar refractivity (Wildman–Crippen MR) is 93.7 cm³/mol. The Bertz CT molecular complexity index is 872. The molecule has 0 aliphatic carbocycles. The number of carbonyl (C=O) groups excluding carboxylic acids is 1. The van der Waals surface area contributed by atoms with Crippen molar-refractivity contribution in [2.45, 2.75) is 6.61 Å². The molecule has 0 atom stereocenters. The number of benzene rings is 3. The molecule has 25 heavy (non-hydrogen) atoms. The van der Waals surface area contributed by atoms with Gasteiger partial charge in [-0.3, -0.25) is 14.9 Å². The number of carbonyl (C=O) groups is 1. The van der Waals surface area contributed by atoms with Crippen molar-refractivity contribution in [3.8, 4) is 5.75 Å². The van der Waals surface area contributed by atoms with Gasteiger partial charge in [0.15, 0.2) is 5.78 Å². The van der Waals surface area contributed by atoms with Gasteiger partial charge in [-0.2, -0.15) is 0 Å². The van der Waals surface area contributed by atoms with Gasteiger partial charge in [-0.15, -0.1) is 0 Å². The highest BCUT2D eigenvalue weighted by Crippen LogP contribution is 2.18. The second kappa shape index (κ2) is 7.40. The van der Waals surface area contributed by atoms with Crippen molar-refractivity contribution in [1.29, 1.82) is 0 Å². The van der Waals surface area contributed by atoms with Crippen LogP contribution in [0.2, 0.25) is 0 Å². The summed E-state index contributed by atoms with van der Waals surface area (Å²) < 4.78 is 5.69. The van der Waals surface area contributed by atoms with Gasteiger partial charge in [0, 0.05) is 23.3 Å². The fourth-order valence-electron chi connectivity index (χ4n) is 2.34. The Morgan fingerprint density at radius 1 is 0.840 bits per heavy atom. The van der Waals surface area contributed by atoms with E-state index in [2.05, 4.69) is 0 Å². The highest BCUT2D eigenvalue weighted by atomic mass is 16.6. The second-order valence-corrected chi connectivity index (χ2v) is 5.43. The molecule has 0 saturated heterocycles. The third-order valence-electron chi connectivity index (χ3n) is 3.71. The molecular weight excluding hydrogens is 318 g/mol. The number of ketones is 1. The van der Waals surface area contributed by atoms with Gasteiger partial charge in [0.2, 0.25) is 0 Å². The second-order valence-electron chi connectivity index (χ2n) is 5.43. The lowest BCUT2D eigenvalue weighted by Crippen LogP contribution is -2.02. The smallest absolute Gasteiger partial charge is 0.269 e. The van der Waals surface area contributed by atoms with E-state index in [1.165, 1.54) is 24.3 Å². The lowest BCUT2D eigenvalue weighted by molar-refractivity contribution is -0.384. The molecule has 0 radical (unpaired) electrons. The molecule has 0 amide bonds. The highest BCUT2D eigenvalue weighted by molar-refractivity contribution is 6.09. The van der Waals surface area contributed by atoms with Gasteiger partial charge >= 0.3 is 0 Å². The van der Waals surface area contributed by atoms with E-state index in [4.69, 9.17) is 4.74 Å². The average Bonchev–Trinajstić information content (AvgIpc) is 2.67. The van der Waals surface area contributed by atoms with Crippen molar-refractivity contribution < 1.29 is 14.5 Å². The van der Waals surface area contributed by atoms with Gasteiger partial charge in [-0.05, 0) is 42.0 Å². The maximum absolute atomic E-state index is 12.4. The Morgan fingerprint density at radius 3 is 1.96 bits per heavy atom. The van der Waals surface area contributed by atoms with Gasteiger partial charge in [-0.25, -0.2) is 0 Å². The topological polar surface area (TPSA) is 69.4 Å². The monoisotopic (exact) mass is 333 g/mol. The summed E-state index contributed by atoms with van der Waals surface area (Å²) in [6, 6.07) is 22.2. The SMILES string of the molecule is O=C(c1ccc(OCc2ccccc2)cc1)c1ccc([N+](=O)[O-])cc1. The summed E-state index contributed by atoms with van der Waals surface area (Å²) in [6.45, 7) is 0.455. The van der Waals surface area contributed by atoms with Gasteiger partial charge in [0.05, 0.1) is 4.92 Å². The minimum Gasteiger partial charge on any atom is -0.489 e. The number of nitrogens with zero attached hydrogens (tertiary/aromatic N) is 1. The fraction of sp³-hybridized carbons (Fsp3) is 0.0500. The first-order valence-corrected chi connectivity index (χ1v) is 7.69. The van der Waals surface area contributed by atoms with Crippen LogP contribution in [-0.2, 0) is 6.61 Å². The molecule has 3 rings (SSSR count). The summed E-state index contributed by atoms with van der Waals surface area (Å²) >= 11 is 0. The molecule has 5 heteroatoms. The van der Waals surface area contributed by atoms with Crippen LogP contribution in [0.4, 0.5) is 5.69 Å². The Labute approximate surface area is 144 Å². The van der Waals surface area contributed by atoms with Gasteiger partial charge in [0.1, 0.15) is 12.4 Å². The molecule has 0 aromatic heterocycles. The number of hydrogen-bond donors (Lipinski definition) is 0. The van der Waals surface area contributed by atoms with Gasteiger partial charge in [-0.1, -0.05) is 30.3 Å². The van der Waals surface area contributed by atoms with Crippen LogP contribution in [0.15, 0.2) is 78.9 Å². The fourth-order valence-corrected chi connectivity index (χ4v) is 2.34. The molecular formula is C20H15NO4.